The summed E-state index contributed by atoms with van der Waals surface area (Å²) in [6.45, 7) is 6.71. The topological polar surface area (TPSA) is 32.3 Å². The summed E-state index contributed by atoms with van der Waals surface area (Å²) in [5, 5.41) is 3.21. The van der Waals surface area contributed by atoms with Crippen LogP contribution in [0.25, 0.3) is 0 Å². The van der Waals surface area contributed by atoms with Crippen LogP contribution in [0.1, 0.15) is 38.9 Å². The van der Waals surface area contributed by atoms with E-state index in [9.17, 15) is 9.18 Å². The third-order valence-electron chi connectivity index (χ3n) is 4.10. The van der Waals surface area contributed by atoms with Crippen LogP contribution in [-0.4, -0.2) is 23.4 Å². The summed E-state index contributed by atoms with van der Waals surface area (Å²) in [4.78, 5) is 14.0. The predicted molar refractivity (Wildman–Crippen MR) is 72.9 cm³/mol. The third-order valence-corrected chi connectivity index (χ3v) is 4.10. The summed E-state index contributed by atoms with van der Waals surface area (Å²) >= 11 is 0. The largest absolute Gasteiger partial charge is 0.319 e. The zero-order chi connectivity index (χ0) is 14.0. The van der Waals surface area contributed by atoms with Crippen molar-refractivity contribution in [3.05, 3.63) is 35.6 Å². The van der Waals surface area contributed by atoms with E-state index in [0.717, 1.165) is 12.0 Å². The highest BCUT2D eigenvalue weighted by Gasteiger charge is 2.36. The lowest BCUT2D eigenvalue weighted by molar-refractivity contribution is -0.131. The Labute approximate surface area is 113 Å². The van der Waals surface area contributed by atoms with Crippen molar-refractivity contribution < 1.29 is 9.18 Å². The minimum absolute atomic E-state index is 0.113. The van der Waals surface area contributed by atoms with Crippen molar-refractivity contribution in [2.45, 2.75) is 39.4 Å². The average Bonchev–Trinajstić information content (AvgIpc) is 2.79. The first-order valence-corrected chi connectivity index (χ1v) is 6.84. The van der Waals surface area contributed by atoms with Gasteiger partial charge in [0.2, 0.25) is 5.91 Å². The molecule has 1 heterocycles. The number of rotatable bonds is 4. The molecule has 1 aromatic carbocycles. The van der Waals surface area contributed by atoms with Crippen LogP contribution >= 0.6 is 0 Å². The second-order valence-electron chi connectivity index (χ2n) is 5.26. The minimum Gasteiger partial charge on any atom is -0.319 e. The molecule has 3 nitrogen and oxygen atoms in total. The molecular formula is C15H21FN2O. The van der Waals surface area contributed by atoms with Crippen molar-refractivity contribution >= 4 is 5.91 Å². The molecule has 0 aromatic heterocycles. The molecule has 0 saturated carbocycles. The predicted octanol–water partition coefficient (Wildman–Crippen LogP) is 2.69. The van der Waals surface area contributed by atoms with Gasteiger partial charge in [0, 0.05) is 6.04 Å². The van der Waals surface area contributed by atoms with Crippen molar-refractivity contribution in [3.63, 3.8) is 0 Å². The van der Waals surface area contributed by atoms with Gasteiger partial charge in [-0.15, -0.1) is 0 Å². The highest BCUT2D eigenvalue weighted by atomic mass is 19.1. The van der Waals surface area contributed by atoms with Gasteiger partial charge in [-0.25, -0.2) is 4.39 Å². The van der Waals surface area contributed by atoms with Crippen LogP contribution in [0.4, 0.5) is 4.39 Å². The van der Waals surface area contributed by atoms with Crippen LogP contribution in [0.15, 0.2) is 24.3 Å². The number of hydrogen-bond donors (Lipinski definition) is 1. The van der Waals surface area contributed by atoms with E-state index in [1.165, 1.54) is 12.1 Å². The number of carbonyl (C=O) groups excluding carboxylic acids is 1. The van der Waals surface area contributed by atoms with Gasteiger partial charge < -0.3 is 4.90 Å². The first-order chi connectivity index (χ1) is 9.04. The summed E-state index contributed by atoms with van der Waals surface area (Å²) in [5.41, 5.74) is 0.933. The highest BCUT2D eigenvalue weighted by molar-refractivity contribution is 5.81. The number of halogens is 1. The number of nitrogens with one attached hydrogen (secondary N) is 1. The third kappa shape index (κ3) is 2.78. The number of amides is 1. The molecular weight excluding hydrogens is 243 g/mol. The van der Waals surface area contributed by atoms with Crippen LogP contribution in [0, 0.1) is 11.7 Å². The normalized spacial score (nSPS) is 22.6. The maximum atomic E-state index is 13.0. The van der Waals surface area contributed by atoms with Crippen LogP contribution in [-0.2, 0) is 4.79 Å². The molecule has 1 fully saturated rings. The molecule has 1 aromatic rings. The summed E-state index contributed by atoms with van der Waals surface area (Å²) < 4.78 is 13.0. The minimum atomic E-state index is -0.255. The van der Waals surface area contributed by atoms with Gasteiger partial charge in [0.15, 0.2) is 0 Å². The van der Waals surface area contributed by atoms with Gasteiger partial charge in [-0.05, 0) is 30.5 Å². The Morgan fingerprint density at radius 3 is 2.58 bits per heavy atom. The SMILES string of the molecule is CCC(C)C(C)N1C(=O)CNC1c1ccc(F)cc1. The van der Waals surface area contributed by atoms with E-state index in [4.69, 9.17) is 0 Å². The fraction of sp³-hybridized carbons (Fsp3) is 0.533. The number of benzene rings is 1. The number of carbonyl (C=O) groups is 1. The van der Waals surface area contributed by atoms with Crippen LogP contribution in [0.5, 0.6) is 0 Å². The van der Waals surface area contributed by atoms with Gasteiger partial charge >= 0.3 is 0 Å². The first kappa shape index (κ1) is 14.0. The number of nitrogens with zero attached hydrogens (tertiary/aromatic N) is 1. The molecule has 104 valence electrons. The van der Waals surface area contributed by atoms with E-state index < -0.39 is 0 Å². The second-order valence-corrected chi connectivity index (χ2v) is 5.26. The standard InChI is InChI=1S/C15H21FN2O/c1-4-10(2)11(3)18-14(19)9-17-15(18)12-5-7-13(16)8-6-12/h5-8,10-11,15,17H,4,9H2,1-3H3. The fourth-order valence-corrected chi connectivity index (χ4v) is 2.52. The zero-order valence-electron chi connectivity index (χ0n) is 11.7. The molecule has 0 spiro atoms. The summed E-state index contributed by atoms with van der Waals surface area (Å²) in [5.74, 6) is 0.295. The lowest BCUT2D eigenvalue weighted by Gasteiger charge is -2.34. The van der Waals surface area contributed by atoms with Crippen molar-refractivity contribution in [1.82, 2.24) is 10.2 Å². The van der Waals surface area contributed by atoms with Crippen molar-refractivity contribution in [2.24, 2.45) is 5.92 Å². The van der Waals surface area contributed by atoms with Crippen molar-refractivity contribution in [2.75, 3.05) is 6.54 Å². The van der Waals surface area contributed by atoms with Crippen molar-refractivity contribution in [1.29, 1.82) is 0 Å². The molecule has 1 amide bonds. The van der Waals surface area contributed by atoms with Gasteiger partial charge in [-0.3, -0.25) is 10.1 Å². The molecule has 4 heteroatoms. The van der Waals surface area contributed by atoms with E-state index >= 15 is 0 Å². The maximum absolute atomic E-state index is 13.0. The van der Waals surface area contributed by atoms with E-state index in [1.807, 2.05) is 4.90 Å². The van der Waals surface area contributed by atoms with Gasteiger partial charge in [-0.1, -0.05) is 32.4 Å². The Hall–Kier alpha value is -1.42. The Balaban J connectivity index is 2.24. The van der Waals surface area contributed by atoms with Crippen molar-refractivity contribution in [3.8, 4) is 0 Å². The molecule has 0 radical (unpaired) electrons. The Morgan fingerprint density at radius 2 is 2.00 bits per heavy atom. The summed E-state index contributed by atoms with van der Waals surface area (Å²) in [6.07, 6.45) is 0.887. The molecule has 0 aliphatic carbocycles. The molecule has 1 N–H and O–H groups in total. The average molecular weight is 264 g/mol. The lowest BCUT2D eigenvalue weighted by Crippen LogP contribution is -2.41. The molecule has 1 aliphatic heterocycles. The molecule has 1 saturated heterocycles. The van der Waals surface area contributed by atoms with Gasteiger partial charge in [0.25, 0.3) is 0 Å². The van der Waals surface area contributed by atoms with Gasteiger partial charge in [0.1, 0.15) is 12.0 Å². The second kappa shape index (κ2) is 5.70. The van der Waals surface area contributed by atoms with E-state index in [0.29, 0.717) is 12.5 Å². The van der Waals surface area contributed by atoms with E-state index in [1.54, 1.807) is 12.1 Å². The van der Waals surface area contributed by atoms with Crippen LogP contribution in [0.2, 0.25) is 0 Å². The molecule has 1 aliphatic rings. The zero-order valence-corrected chi connectivity index (χ0v) is 11.7. The highest BCUT2D eigenvalue weighted by Crippen LogP contribution is 2.28. The number of hydrogen-bond acceptors (Lipinski definition) is 2. The molecule has 3 unspecified atom stereocenters. The van der Waals surface area contributed by atoms with Crippen LogP contribution < -0.4 is 5.32 Å². The van der Waals surface area contributed by atoms with Crippen LogP contribution in [0.3, 0.4) is 0 Å². The summed E-state index contributed by atoms with van der Waals surface area (Å²) in [6, 6.07) is 6.52. The molecule has 0 bridgehead atoms. The van der Waals surface area contributed by atoms with Gasteiger partial charge in [0.05, 0.1) is 6.54 Å². The molecule has 19 heavy (non-hydrogen) atoms. The van der Waals surface area contributed by atoms with Gasteiger partial charge in [-0.2, -0.15) is 0 Å². The Morgan fingerprint density at radius 1 is 1.37 bits per heavy atom. The fourth-order valence-electron chi connectivity index (χ4n) is 2.52. The lowest BCUT2D eigenvalue weighted by atomic mass is 9.98. The first-order valence-electron chi connectivity index (χ1n) is 6.84. The summed E-state index contributed by atoms with van der Waals surface area (Å²) in [7, 11) is 0. The monoisotopic (exact) mass is 264 g/mol. The Bertz CT molecular complexity index is 446. The quantitative estimate of drug-likeness (QED) is 0.907. The molecule has 3 atom stereocenters. The molecule has 2 rings (SSSR count). The smallest absolute Gasteiger partial charge is 0.238 e. The van der Waals surface area contributed by atoms with E-state index in [-0.39, 0.29) is 23.9 Å². The van der Waals surface area contributed by atoms with E-state index in [2.05, 4.69) is 26.1 Å². The Kier molecular flexibility index (Phi) is 4.20. The maximum Gasteiger partial charge on any atom is 0.238 e.